The van der Waals surface area contributed by atoms with Crippen LogP contribution in [0.5, 0.6) is 5.75 Å². The van der Waals surface area contributed by atoms with Crippen molar-refractivity contribution < 1.29 is 4.74 Å². The van der Waals surface area contributed by atoms with Crippen molar-refractivity contribution >= 4 is 23.1 Å². The van der Waals surface area contributed by atoms with Crippen LogP contribution in [0.2, 0.25) is 5.02 Å². The zero-order chi connectivity index (χ0) is 18.0. The molecule has 0 saturated heterocycles. The molecule has 1 N–H and O–H groups in total. The maximum atomic E-state index is 6.13. The van der Waals surface area contributed by atoms with Gasteiger partial charge in [0, 0.05) is 21.7 Å². The molecule has 0 bridgehead atoms. The second kappa shape index (κ2) is 7.32. The van der Waals surface area contributed by atoms with Crippen LogP contribution in [0.4, 0.5) is 5.69 Å². The van der Waals surface area contributed by atoms with Crippen molar-refractivity contribution in [2.24, 2.45) is 10.4 Å². The average Bonchev–Trinajstić information content (AvgIpc) is 2.67. The molecule has 1 heterocycles. The number of benzene rings is 2. The van der Waals surface area contributed by atoms with Crippen LogP contribution < -0.4 is 10.1 Å². The monoisotopic (exact) mass is 368 g/mol. The fourth-order valence-corrected chi connectivity index (χ4v) is 4.61. The summed E-state index contributed by atoms with van der Waals surface area (Å²) < 4.78 is 5.63. The summed E-state index contributed by atoms with van der Waals surface area (Å²) in [6.07, 6.45) is 7.23. The van der Waals surface area contributed by atoms with Crippen LogP contribution in [0, 0.1) is 5.41 Å². The predicted molar refractivity (Wildman–Crippen MR) is 108 cm³/mol. The molecule has 1 aliphatic carbocycles. The van der Waals surface area contributed by atoms with E-state index in [0.29, 0.717) is 6.54 Å². The molecule has 3 nitrogen and oxygen atoms in total. The Balaban J connectivity index is 1.70. The van der Waals surface area contributed by atoms with Crippen molar-refractivity contribution in [2.75, 3.05) is 12.4 Å². The minimum Gasteiger partial charge on any atom is -0.496 e. The van der Waals surface area contributed by atoms with Gasteiger partial charge in [0.1, 0.15) is 11.6 Å². The van der Waals surface area contributed by atoms with Gasteiger partial charge in [-0.2, -0.15) is 0 Å². The lowest BCUT2D eigenvalue weighted by Gasteiger charge is -2.43. The number of hydrogen-bond donors (Lipinski definition) is 1. The summed E-state index contributed by atoms with van der Waals surface area (Å²) in [7, 11) is 1.76. The van der Waals surface area contributed by atoms with Crippen LogP contribution in [0.1, 0.15) is 43.2 Å². The number of halogens is 1. The number of amidine groups is 1. The van der Waals surface area contributed by atoms with E-state index in [1.165, 1.54) is 37.7 Å². The minimum atomic E-state index is 0.110. The maximum Gasteiger partial charge on any atom is 0.124 e. The number of ether oxygens (including phenoxy) is 1. The van der Waals surface area contributed by atoms with E-state index < -0.39 is 0 Å². The van der Waals surface area contributed by atoms with E-state index in [9.17, 15) is 0 Å². The highest BCUT2D eigenvalue weighted by atomic mass is 35.5. The van der Waals surface area contributed by atoms with E-state index >= 15 is 0 Å². The van der Waals surface area contributed by atoms with E-state index in [2.05, 4.69) is 23.5 Å². The number of nitrogens with one attached hydrogen (secondary N) is 1. The van der Waals surface area contributed by atoms with Gasteiger partial charge in [-0.3, -0.25) is 4.99 Å². The second-order valence-electron chi connectivity index (χ2n) is 7.42. The average molecular weight is 369 g/mol. The van der Waals surface area contributed by atoms with E-state index in [1.54, 1.807) is 7.11 Å². The van der Waals surface area contributed by atoms with Gasteiger partial charge < -0.3 is 10.1 Å². The normalized spacial score (nSPS) is 19.8. The first kappa shape index (κ1) is 17.4. The fourth-order valence-electron chi connectivity index (χ4n) is 4.39. The quantitative estimate of drug-likeness (QED) is 0.735. The van der Waals surface area contributed by atoms with E-state index in [1.807, 2.05) is 24.3 Å². The summed E-state index contributed by atoms with van der Waals surface area (Å²) in [5.41, 5.74) is 3.68. The van der Waals surface area contributed by atoms with Gasteiger partial charge in [-0.1, -0.05) is 49.1 Å². The van der Waals surface area contributed by atoms with Gasteiger partial charge in [0.05, 0.1) is 13.7 Å². The molecule has 2 aliphatic rings. The van der Waals surface area contributed by atoms with Crippen LogP contribution >= 0.6 is 11.6 Å². The number of aliphatic imine (C=N–C) groups is 1. The summed E-state index contributed by atoms with van der Waals surface area (Å²) in [5, 5.41) is 4.42. The van der Waals surface area contributed by atoms with Crippen molar-refractivity contribution in [3.8, 4) is 5.75 Å². The van der Waals surface area contributed by atoms with Crippen LogP contribution in [-0.4, -0.2) is 12.9 Å². The largest absolute Gasteiger partial charge is 0.496 e. The third kappa shape index (κ3) is 3.33. The fraction of sp³-hybridized carbons (Fsp3) is 0.409. The van der Waals surface area contributed by atoms with Gasteiger partial charge in [-0.25, -0.2) is 0 Å². The minimum absolute atomic E-state index is 0.110. The highest BCUT2D eigenvalue weighted by molar-refractivity contribution is 6.30. The van der Waals surface area contributed by atoms with Gasteiger partial charge in [-0.15, -0.1) is 0 Å². The maximum absolute atomic E-state index is 6.13. The Bertz CT molecular complexity index is 825. The summed E-state index contributed by atoms with van der Waals surface area (Å²) in [6.45, 7) is 0.657. The molecule has 1 fully saturated rings. The number of nitrogens with zero attached hydrogens (tertiary/aromatic N) is 1. The molecule has 4 heteroatoms. The Hall–Kier alpha value is -2.00. The SMILES string of the molecule is COc1cccc2c1CC1(CCCCC1)C(=NCc1cccc(Cl)c1)N2. The molecule has 136 valence electrons. The first-order valence-corrected chi connectivity index (χ1v) is 9.80. The first-order chi connectivity index (χ1) is 12.7. The number of fused-ring (bicyclic) bond motifs is 1. The summed E-state index contributed by atoms with van der Waals surface area (Å²) in [6, 6.07) is 14.2. The lowest BCUT2D eigenvalue weighted by molar-refractivity contribution is 0.274. The topological polar surface area (TPSA) is 33.6 Å². The molecule has 2 aromatic rings. The first-order valence-electron chi connectivity index (χ1n) is 9.42. The van der Waals surface area contributed by atoms with Crippen molar-refractivity contribution in [2.45, 2.75) is 45.1 Å². The number of anilines is 1. The van der Waals surface area contributed by atoms with Gasteiger partial charge >= 0.3 is 0 Å². The highest BCUT2D eigenvalue weighted by Gasteiger charge is 2.41. The third-order valence-corrected chi connectivity index (χ3v) is 5.98. The van der Waals surface area contributed by atoms with Crippen molar-refractivity contribution in [3.63, 3.8) is 0 Å². The molecule has 0 amide bonds. The molecule has 0 radical (unpaired) electrons. The lowest BCUT2D eigenvalue weighted by atomic mass is 9.67. The van der Waals surface area contributed by atoms with Gasteiger partial charge in [0.2, 0.25) is 0 Å². The van der Waals surface area contributed by atoms with Crippen LogP contribution in [-0.2, 0) is 13.0 Å². The van der Waals surface area contributed by atoms with Crippen molar-refractivity contribution in [1.29, 1.82) is 0 Å². The summed E-state index contributed by atoms with van der Waals surface area (Å²) in [5.74, 6) is 2.12. The van der Waals surface area contributed by atoms with Crippen molar-refractivity contribution in [3.05, 3.63) is 58.6 Å². The number of methoxy groups -OCH3 is 1. The predicted octanol–water partition coefficient (Wildman–Crippen LogP) is 5.87. The number of hydrogen-bond acceptors (Lipinski definition) is 2. The molecular weight excluding hydrogens is 344 g/mol. The molecule has 0 atom stereocenters. The second-order valence-corrected chi connectivity index (χ2v) is 7.86. The number of rotatable bonds is 3. The van der Waals surface area contributed by atoms with Crippen molar-refractivity contribution in [1.82, 2.24) is 0 Å². The zero-order valence-electron chi connectivity index (χ0n) is 15.2. The Morgan fingerprint density at radius 3 is 2.69 bits per heavy atom. The van der Waals surface area contributed by atoms with Gasteiger partial charge in [0.25, 0.3) is 0 Å². The highest BCUT2D eigenvalue weighted by Crippen LogP contribution is 2.47. The van der Waals surface area contributed by atoms with Crippen LogP contribution in [0.15, 0.2) is 47.5 Å². The Kier molecular flexibility index (Phi) is 4.90. The van der Waals surface area contributed by atoms with Crippen LogP contribution in [0.3, 0.4) is 0 Å². The molecule has 2 aromatic carbocycles. The molecule has 1 saturated carbocycles. The standard InChI is InChI=1S/C22H25ClN2O/c1-26-20-10-6-9-19-18(20)14-22(11-3-2-4-12-22)21(25-19)24-15-16-7-5-8-17(23)13-16/h5-10,13H,2-4,11-12,14-15H2,1H3,(H,24,25). The molecule has 1 aliphatic heterocycles. The van der Waals surface area contributed by atoms with E-state index in [0.717, 1.165) is 34.3 Å². The summed E-state index contributed by atoms with van der Waals surface area (Å²) >= 11 is 6.13. The van der Waals surface area contributed by atoms with E-state index in [4.69, 9.17) is 21.3 Å². The van der Waals surface area contributed by atoms with E-state index in [-0.39, 0.29) is 5.41 Å². The van der Waals surface area contributed by atoms with Crippen LogP contribution in [0.25, 0.3) is 0 Å². The Morgan fingerprint density at radius 1 is 1.12 bits per heavy atom. The zero-order valence-corrected chi connectivity index (χ0v) is 16.0. The Morgan fingerprint density at radius 2 is 1.92 bits per heavy atom. The molecule has 26 heavy (non-hydrogen) atoms. The van der Waals surface area contributed by atoms with Gasteiger partial charge in [-0.05, 0) is 49.1 Å². The Labute approximate surface area is 160 Å². The third-order valence-electron chi connectivity index (χ3n) is 5.74. The smallest absolute Gasteiger partial charge is 0.124 e. The lowest BCUT2D eigenvalue weighted by Crippen LogP contribution is -2.43. The van der Waals surface area contributed by atoms with Gasteiger partial charge in [0.15, 0.2) is 0 Å². The molecule has 4 rings (SSSR count). The summed E-state index contributed by atoms with van der Waals surface area (Å²) in [4.78, 5) is 5.03. The molecule has 1 spiro atoms. The molecular formula is C22H25ClN2O. The molecule has 0 unspecified atom stereocenters. The molecule has 0 aromatic heterocycles.